The molecule has 1 unspecified atom stereocenters. The summed E-state index contributed by atoms with van der Waals surface area (Å²) in [5.74, 6) is 0.747. The van der Waals surface area contributed by atoms with Crippen LogP contribution in [0.5, 0.6) is 0 Å². The van der Waals surface area contributed by atoms with Gasteiger partial charge in [0.25, 0.3) is 0 Å². The number of carbonyl (C=O) groups is 1. The first-order valence-electron chi connectivity index (χ1n) is 5.68. The van der Waals surface area contributed by atoms with E-state index in [0.29, 0.717) is 18.4 Å². The minimum absolute atomic E-state index is 0.135. The topological polar surface area (TPSA) is 46.3 Å². The molecule has 0 spiro atoms. The molecule has 1 atom stereocenters. The van der Waals surface area contributed by atoms with Crippen molar-refractivity contribution in [3.63, 3.8) is 0 Å². The lowest BCUT2D eigenvalue weighted by molar-refractivity contribution is -0.132. The molecule has 15 heavy (non-hydrogen) atoms. The van der Waals surface area contributed by atoms with Crippen molar-refractivity contribution in [1.82, 2.24) is 4.90 Å². The van der Waals surface area contributed by atoms with Gasteiger partial charge in [0.15, 0.2) is 0 Å². The normalized spacial score (nSPS) is 14.1. The molecule has 1 amide bonds. The van der Waals surface area contributed by atoms with E-state index in [-0.39, 0.29) is 5.91 Å². The summed E-state index contributed by atoms with van der Waals surface area (Å²) in [6.07, 6.45) is 1.44. The largest absolute Gasteiger partial charge is 0.343 e. The van der Waals surface area contributed by atoms with Gasteiger partial charge in [0.05, 0.1) is 0 Å². The van der Waals surface area contributed by atoms with E-state index in [4.69, 9.17) is 5.73 Å². The number of carbonyl (C=O) groups excluding carboxylic acids is 1. The lowest BCUT2D eigenvalue weighted by Gasteiger charge is -2.29. The number of rotatable bonds is 5. The van der Waals surface area contributed by atoms with E-state index in [2.05, 4.69) is 20.8 Å². The molecular formula is C12H26N2O. The van der Waals surface area contributed by atoms with Crippen molar-refractivity contribution in [2.75, 3.05) is 7.05 Å². The van der Waals surface area contributed by atoms with Gasteiger partial charge in [-0.1, -0.05) is 13.8 Å². The second kappa shape index (κ2) is 5.50. The summed E-state index contributed by atoms with van der Waals surface area (Å²) >= 11 is 0. The van der Waals surface area contributed by atoms with E-state index in [9.17, 15) is 4.79 Å². The SMILES string of the molecule is CC(C)CC(C)N(C)C(=O)CC(C)(C)N. The Labute approximate surface area is 94.0 Å². The van der Waals surface area contributed by atoms with Crippen molar-refractivity contribution in [2.24, 2.45) is 11.7 Å². The van der Waals surface area contributed by atoms with Gasteiger partial charge in [-0.3, -0.25) is 4.79 Å². The summed E-state index contributed by atoms with van der Waals surface area (Å²) < 4.78 is 0. The molecule has 0 aromatic heterocycles. The quantitative estimate of drug-likeness (QED) is 0.761. The molecule has 0 aromatic rings. The zero-order chi connectivity index (χ0) is 12.2. The molecule has 0 heterocycles. The maximum atomic E-state index is 11.8. The molecule has 3 heteroatoms. The lowest BCUT2D eigenvalue weighted by Crippen LogP contribution is -2.43. The van der Waals surface area contributed by atoms with Gasteiger partial charge < -0.3 is 10.6 Å². The Bertz CT molecular complexity index is 206. The van der Waals surface area contributed by atoms with Crippen LogP contribution in [-0.4, -0.2) is 29.4 Å². The first kappa shape index (κ1) is 14.4. The number of hydrogen-bond donors (Lipinski definition) is 1. The zero-order valence-corrected chi connectivity index (χ0v) is 11.0. The van der Waals surface area contributed by atoms with Crippen molar-refractivity contribution in [1.29, 1.82) is 0 Å². The van der Waals surface area contributed by atoms with Crippen LogP contribution in [-0.2, 0) is 4.79 Å². The molecule has 0 saturated carbocycles. The first-order valence-corrected chi connectivity index (χ1v) is 5.68. The summed E-state index contributed by atoms with van der Waals surface area (Å²) in [7, 11) is 1.86. The molecule has 0 fully saturated rings. The predicted octanol–water partition coefficient (Wildman–Crippen LogP) is 2.01. The van der Waals surface area contributed by atoms with Gasteiger partial charge in [-0.05, 0) is 33.1 Å². The third kappa shape index (κ3) is 6.50. The van der Waals surface area contributed by atoms with E-state index >= 15 is 0 Å². The molecule has 0 aliphatic rings. The van der Waals surface area contributed by atoms with E-state index in [1.54, 1.807) is 0 Å². The second-order valence-electron chi connectivity index (χ2n) is 5.65. The summed E-state index contributed by atoms with van der Waals surface area (Å²) in [6.45, 7) is 10.2. The predicted molar refractivity (Wildman–Crippen MR) is 64.6 cm³/mol. The third-order valence-corrected chi connectivity index (χ3v) is 2.47. The molecule has 0 bridgehead atoms. The van der Waals surface area contributed by atoms with Crippen LogP contribution in [0, 0.1) is 5.92 Å². The van der Waals surface area contributed by atoms with E-state index in [1.165, 1.54) is 0 Å². The highest BCUT2D eigenvalue weighted by atomic mass is 16.2. The highest BCUT2D eigenvalue weighted by Crippen LogP contribution is 2.13. The second-order valence-corrected chi connectivity index (χ2v) is 5.65. The standard InChI is InChI=1S/C12H26N2O/c1-9(2)7-10(3)14(6)11(15)8-12(4,5)13/h9-10H,7-8,13H2,1-6H3. The Morgan fingerprint density at radius 1 is 1.33 bits per heavy atom. The molecule has 0 aliphatic carbocycles. The highest BCUT2D eigenvalue weighted by molar-refractivity contribution is 5.77. The minimum atomic E-state index is -0.414. The summed E-state index contributed by atoms with van der Waals surface area (Å²) in [5.41, 5.74) is 5.41. The summed E-state index contributed by atoms with van der Waals surface area (Å²) in [5, 5.41) is 0. The third-order valence-electron chi connectivity index (χ3n) is 2.47. The van der Waals surface area contributed by atoms with E-state index in [1.807, 2.05) is 25.8 Å². The Morgan fingerprint density at radius 2 is 1.80 bits per heavy atom. The van der Waals surface area contributed by atoms with Crippen molar-refractivity contribution in [3.8, 4) is 0 Å². The molecule has 0 aromatic carbocycles. The van der Waals surface area contributed by atoms with Crippen LogP contribution in [0.4, 0.5) is 0 Å². The fraction of sp³-hybridized carbons (Fsp3) is 0.917. The van der Waals surface area contributed by atoms with Gasteiger partial charge in [0.2, 0.25) is 5.91 Å². The Kier molecular flexibility index (Phi) is 5.29. The van der Waals surface area contributed by atoms with Gasteiger partial charge in [0.1, 0.15) is 0 Å². The molecule has 0 saturated heterocycles. The molecule has 0 rings (SSSR count). The zero-order valence-electron chi connectivity index (χ0n) is 11.0. The van der Waals surface area contributed by atoms with Crippen molar-refractivity contribution in [3.05, 3.63) is 0 Å². The molecule has 2 N–H and O–H groups in total. The van der Waals surface area contributed by atoms with Crippen LogP contribution in [0.15, 0.2) is 0 Å². The van der Waals surface area contributed by atoms with Gasteiger partial charge >= 0.3 is 0 Å². The van der Waals surface area contributed by atoms with Gasteiger partial charge in [0, 0.05) is 25.0 Å². The van der Waals surface area contributed by atoms with Crippen LogP contribution < -0.4 is 5.73 Å². The van der Waals surface area contributed by atoms with Gasteiger partial charge in [-0.15, -0.1) is 0 Å². The average Bonchev–Trinajstić information content (AvgIpc) is 1.98. The fourth-order valence-electron chi connectivity index (χ4n) is 1.60. The number of amides is 1. The van der Waals surface area contributed by atoms with Crippen molar-refractivity contribution in [2.45, 2.75) is 59.0 Å². The van der Waals surface area contributed by atoms with E-state index in [0.717, 1.165) is 6.42 Å². The van der Waals surface area contributed by atoms with Gasteiger partial charge in [-0.25, -0.2) is 0 Å². The molecule has 3 nitrogen and oxygen atoms in total. The smallest absolute Gasteiger partial charge is 0.224 e. The van der Waals surface area contributed by atoms with Crippen LogP contribution in [0.3, 0.4) is 0 Å². The van der Waals surface area contributed by atoms with Crippen LogP contribution >= 0.6 is 0 Å². The van der Waals surface area contributed by atoms with Crippen LogP contribution in [0.1, 0.15) is 47.5 Å². The Balaban J connectivity index is 4.20. The number of hydrogen-bond acceptors (Lipinski definition) is 2. The number of nitrogens with two attached hydrogens (primary N) is 1. The van der Waals surface area contributed by atoms with Crippen LogP contribution in [0.25, 0.3) is 0 Å². The monoisotopic (exact) mass is 214 g/mol. The minimum Gasteiger partial charge on any atom is -0.343 e. The van der Waals surface area contributed by atoms with Crippen molar-refractivity contribution < 1.29 is 4.79 Å². The molecule has 0 aliphatic heterocycles. The summed E-state index contributed by atoms with van der Waals surface area (Å²) in [4.78, 5) is 13.6. The molecule has 90 valence electrons. The maximum absolute atomic E-state index is 11.8. The number of nitrogens with zero attached hydrogens (tertiary/aromatic N) is 1. The van der Waals surface area contributed by atoms with Gasteiger partial charge in [-0.2, -0.15) is 0 Å². The Morgan fingerprint density at radius 3 is 2.13 bits per heavy atom. The summed E-state index contributed by atoms with van der Waals surface area (Å²) in [6, 6.07) is 0.292. The Hall–Kier alpha value is -0.570. The highest BCUT2D eigenvalue weighted by Gasteiger charge is 2.22. The fourth-order valence-corrected chi connectivity index (χ4v) is 1.60. The molecular weight excluding hydrogens is 188 g/mol. The molecule has 0 radical (unpaired) electrons. The van der Waals surface area contributed by atoms with E-state index < -0.39 is 5.54 Å². The van der Waals surface area contributed by atoms with Crippen LogP contribution in [0.2, 0.25) is 0 Å². The average molecular weight is 214 g/mol. The van der Waals surface area contributed by atoms with Crippen molar-refractivity contribution >= 4 is 5.91 Å². The maximum Gasteiger partial charge on any atom is 0.224 e. The lowest BCUT2D eigenvalue weighted by atomic mass is 9.99. The first-order chi connectivity index (χ1) is 6.63.